The Morgan fingerprint density at radius 3 is 2.54 bits per heavy atom. The Hall–Kier alpha value is -0.820. The largest absolute Gasteiger partial charge is 0.373 e. The molecule has 0 bridgehead atoms. The van der Waals surface area contributed by atoms with Crippen molar-refractivity contribution in [2.24, 2.45) is 5.92 Å². The monoisotopic (exact) mass is 176 g/mol. The predicted octanol–water partition coefficient (Wildman–Crippen LogP) is 3.00. The van der Waals surface area contributed by atoms with Crippen molar-refractivity contribution < 1.29 is 4.74 Å². The van der Waals surface area contributed by atoms with E-state index in [1.165, 1.54) is 18.4 Å². The van der Waals surface area contributed by atoms with Crippen molar-refractivity contribution in [3.63, 3.8) is 0 Å². The maximum Gasteiger partial charge on any atom is 0.0720 e. The molecule has 0 N–H and O–H groups in total. The second kappa shape index (κ2) is 3.93. The van der Waals surface area contributed by atoms with E-state index in [4.69, 9.17) is 4.74 Å². The van der Waals surface area contributed by atoms with Crippen molar-refractivity contribution in [3.05, 3.63) is 35.9 Å². The van der Waals surface area contributed by atoms with Gasteiger partial charge in [0, 0.05) is 0 Å². The van der Waals surface area contributed by atoms with Gasteiger partial charge in [-0.25, -0.2) is 0 Å². The van der Waals surface area contributed by atoms with E-state index in [0.717, 1.165) is 12.5 Å². The second-order valence-corrected chi connectivity index (χ2v) is 3.89. The van der Waals surface area contributed by atoms with Crippen LogP contribution in [0.1, 0.15) is 25.3 Å². The molecular formula is C12H16O. The van der Waals surface area contributed by atoms with Crippen LogP contribution < -0.4 is 0 Å². The molecule has 2 unspecified atom stereocenters. The lowest BCUT2D eigenvalue weighted by atomic mass is 9.83. The third-order valence-electron chi connectivity index (χ3n) is 2.85. The highest BCUT2D eigenvalue weighted by Gasteiger charge is 2.27. The molecule has 0 radical (unpaired) electrons. The molecule has 1 fully saturated rings. The zero-order valence-corrected chi connectivity index (χ0v) is 8.07. The topological polar surface area (TPSA) is 9.23 Å². The van der Waals surface area contributed by atoms with Crippen LogP contribution in [0.3, 0.4) is 0 Å². The summed E-state index contributed by atoms with van der Waals surface area (Å²) in [5.74, 6) is 0.767. The number of hydrogen-bond acceptors (Lipinski definition) is 1. The molecule has 2 rings (SSSR count). The summed E-state index contributed by atoms with van der Waals surface area (Å²) in [6.45, 7) is 3.04. The highest BCUT2D eigenvalue weighted by atomic mass is 16.5. The first-order valence-corrected chi connectivity index (χ1v) is 5.02. The Morgan fingerprint density at radius 2 is 2.00 bits per heavy atom. The quantitative estimate of drug-likeness (QED) is 0.688. The van der Waals surface area contributed by atoms with Crippen LogP contribution in [0.5, 0.6) is 0 Å². The highest BCUT2D eigenvalue weighted by Crippen LogP contribution is 2.30. The number of ether oxygens (including phenoxy) is 1. The average Bonchev–Trinajstić information content (AvgIpc) is 2.17. The molecule has 0 heterocycles. The van der Waals surface area contributed by atoms with E-state index in [-0.39, 0.29) is 0 Å². The van der Waals surface area contributed by atoms with E-state index >= 15 is 0 Å². The van der Waals surface area contributed by atoms with E-state index in [1.54, 1.807) is 0 Å². The fourth-order valence-corrected chi connectivity index (χ4v) is 1.66. The molecular weight excluding hydrogens is 160 g/mol. The fourth-order valence-electron chi connectivity index (χ4n) is 1.66. The summed E-state index contributed by atoms with van der Waals surface area (Å²) < 4.78 is 5.78. The van der Waals surface area contributed by atoms with E-state index in [2.05, 4.69) is 31.2 Å². The molecule has 0 amide bonds. The van der Waals surface area contributed by atoms with Crippen LogP contribution in [-0.2, 0) is 11.3 Å². The van der Waals surface area contributed by atoms with E-state index < -0.39 is 0 Å². The first kappa shape index (κ1) is 8.76. The average molecular weight is 176 g/mol. The van der Waals surface area contributed by atoms with Crippen LogP contribution in [0, 0.1) is 5.92 Å². The van der Waals surface area contributed by atoms with Crippen LogP contribution in [-0.4, -0.2) is 6.10 Å². The van der Waals surface area contributed by atoms with Gasteiger partial charge in [0.25, 0.3) is 0 Å². The summed E-state index contributed by atoms with van der Waals surface area (Å²) >= 11 is 0. The summed E-state index contributed by atoms with van der Waals surface area (Å²) in [6, 6.07) is 10.4. The van der Waals surface area contributed by atoms with Gasteiger partial charge in [0.1, 0.15) is 0 Å². The summed E-state index contributed by atoms with van der Waals surface area (Å²) in [7, 11) is 0. The molecule has 2 atom stereocenters. The van der Waals surface area contributed by atoms with Gasteiger partial charge in [-0.3, -0.25) is 0 Å². The van der Waals surface area contributed by atoms with Crippen LogP contribution >= 0.6 is 0 Å². The van der Waals surface area contributed by atoms with Crippen molar-refractivity contribution in [1.29, 1.82) is 0 Å². The number of hydrogen-bond donors (Lipinski definition) is 0. The maximum absolute atomic E-state index is 5.78. The smallest absolute Gasteiger partial charge is 0.0720 e. The van der Waals surface area contributed by atoms with Crippen LogP contribution in [0.2, 0.25) is 0 Å². The molecule has 1 saturated carbocycles. The van der Waals surface area contributed by atoms with Gasteiger partial charge >= 0.3 is 0 Å². The standard InChI is InChI=1S/C12H16O/c1-10-7-8-12(10)13-9-11-5-3-2-4-6-11/h2-6,10,12H,7-9H2,1H3. The highest BCUT2D eigenvalue weighted by molar-refractivity contribution is 5.13. The maximum atomic E-state index is 5.78. The Balaban J connectivity index is 1.80. The lowest BCUT2D eigenvalue weighted by Gasteiger charge is -2.33. The molecule has 1 aromatic carbocycles. The lowest BCUT2D eigenvalue weighted by molar-refractivity contribution is -0.0489. The molecule has 0 aliphatic heterocycles. The molecule has 1 aliphatic carbocycles. The zero-order valence-electron chi connectivity index (χ0n) is 8.07. The van der Waals surface area contributed by atoms with Gasteiger partial charge in [-0.15, -0.1) is 0 Å². The van der Waals surface area contributed by atoms with Gasteiger partial charge in [0.05, 0.1) is 12.7 Å². The first-order valence-electron chi connectivity index (χ1n) is 5.02. The third kappa shape index (κ3) is 2.10. The molecule has 13 heavy (non-hydrogen) atoms. The first-order chi connectivity index (χ1) is 6.36. The Bertz CT molecular complexity index is 255. The van der Waals surface area contributed by atoms with Crippen LogP contribution in [0.25, 0.3) is 0 Å². The van der Waals surface area contributed by atoms with Crippen molar-refractivity contribution >= 4 is 0 Å². The van der Waals surface area contributed by atoms with E-state index in [1.807, 2.05) is 6.07 Å². The third-order valence-corrected chi connectivity index (χ3v) is 2.85. The van der Waals surface area contributed by atoms with Crippen LogP contribution in [0.4, 0.5) is 0 Å². The van der Waals surface area contributed by atoms with Crippen molar-refractivity contribution in [2.75, 3.05) is 0 Å². The molecule has 0 spiro atoms. The lowest BCUT2D eigenvalue weighted by Crippen LogP contribution is -2.31. The molecule has 0 saturated heterocycles. The van der Waals surface area contributed by atoms with Crippen LogP contribution in [0.15, 0.2) is 30.3 Å². The molecule has 0 aromatic heterocycles. The molecule has 1 nitrogen and oxygen atoms in total. The summed E-state index contributed by atoms with van der Waals surface area (Å²) in [5.41, 5.74) is 1.28. The van der Waals surface area contributed by atoms with Crippen molar-refractivity contribution in [1.82, 2.24) is 0 Å². The minimum atomic E-state index is 0.514. The Morgan fingerprint density at radius 1 is 1.23 bits per heavy atom. The zero-order chi connectivity index (χ0) is 9.10. The van der Waals surface area contributed by atoms with Gasteiger partial charge in [0.2, 0.25) is 0 Å². The van der Waals surface area contributed by atoms with E-state index in [9.17, 15) is 0 Å². The molecule has 1 aromatic rings. The minimum Gasteiger partial charge on any atom is -0.373 e. The summed E-state index contributed by atoms with van der Waals surface area (Å²) in [4.78, 5) is 0. The molecule has 1 aliphatic rings. The number of rotatable bonds is 3. The van der Waals surface area contributed by atoms with Gasteiger partial charge in [-0.2, -0.15) is 0 Å². The van der Waals surface area contributed by atoms with E-state index in [0.29, 0.717) is 6.10 Å². The predicted molar refractivity (Wildman–Crippen MR) is 53.4 cm³/mol. The van der Waals surface area contributed by atoms with Gasteiger partial charge < -0.3 is 4.74 Å². The second-order valence-electron chi connectivity index (χ2n) is 3.89. The minimum absolute atomic E-state index is 0.514. The van der Waals surface area contributed by atoms with Gasteiger partial charge in [-0.1, -0.05) is 37.3 Å². The molecule has 70 valence electrons. The van der Waals surface area contributed by atoms with Gasteiger partial charge in [0.15, 0.2) is 0 Å². The normalized spacial score (nSPS) is 26.8. The number of benzene rings is 1. The van der Waals surface area contributed by atoms with Gasteiger partial charge in [-0.05, 0) is 24.3 Å². The fraction of sp³-hybridized carbons (Fsp3) is 0.500. The SMILES string of the molecule is CC1CCC1OCc1ccccc1. The Kier molecular flexibility index (Phi) is 2.65. The van der Waals surface area contributed by atoms with Crippen molar-refractivity contribution in [3.8, 4) is 0 Å². The summed E-state index contributed by atoms with van der Waals surface area (Å²) in [5, 5.41) is 0. The summed E-state index contributed by atoms with van der Waals surface area (Å²) in [6.07, 6.45) is 3.09. The molecule has 1 heteroatoms. The Labute approximate surface area is 79.7 Å². The van der Waals surface area contributed by atoms with Crippen molar-refractivity contribution in [2.45, 2.75) is 32.5 Å².